The molecule has 3 heteroatoms. The minimum absolute atomic E-state index is 0.221. The molecule has 16 heavy (non-hydrogen) atoms. The first kappa shape index (κ1) is 12.1. The van der Waals surface area contributed by atoms with Crippen molar-refractivity contribution in [2.75, 3.05) is 6.54 Å². The third-order valence-electron chi connectivity index (χ3n) is 3.86. The van der Waals surface area contributed by atoms with E-state index in [1.54, 1.807) is 0 Å². The summed E-state index contributed by atoms with van der Waals surface area (Å²) in [5.41, 5.74) is 6.13. The molecule has 1 aliphatic carbocycles. The maximum absolute atomic E-state index is 5.91. The molecular formula is C13H22N2S. The Balaban J connectivity index is 1.83. The van der Waals surface area contributed by atoms with Gasteiger partial charge in [0.1, 0.15) is 0 Å². The first-order valence-electron chi connectivity index (χ1n) is 6.13. The van der Waals surface area contributed by atoms with E-state index in [1.807, 2.05) is 11.3 Å². The molecule has 0 atom stereocenters. The van der Waals surface area contributed by atoms with Crippen LogP contribution in [0.5, 0.6) is 0 Å². The van der Waals surface area contributed by atoms with Gasteiger partial charge in [-0.05, 0) is 36.1 Å². The summed E-state index contributed by atoms with van der Waals surface area (Å²) < 4.78 is 0. The zero-order valence-corrected chi connectivity index (χ0v) is 11.0. The summed E-state index contributed by atoms with van der Waals surface area (Å²) in [6.07, 6.45) is 2.49. The van der Waals surface area contributed by atoms with Crippen LogP contribution in [0.3, 0.4) is 0 Å². The van der Waals surface area contributed by atoms with Crippen molar-refractivity contribution in [1.29, 1.82) is 0 Å². The summed E-state index contributed by atoms with van der Waals surface area (Å²) in [4.78, 5) is 1.40. The van der Waals surface area contributed by atoms with E-state index in [-0.39, 0.29) is 5.54 Å². The second kappa shape index (κ2) is 4.86. The molecule has 0 saturated heterocycles. The van der Waals surface area contributed by atoms with Gasteiger partial charge in [-0.3, -0.25) is 0 Å². The zero-order valence-electron chi connectivity index (χ0n) is 10.2. The van der Waals surface area contributed by atoms with Crippen LogP contribution in [0, 0.1) is 11.8 Å². The highest BCUT2D eigenvalue weighted by molar-refractivity contribution is 7.09. The lowest BCUT2D eigenvalue weighted by molar-refractivity contribution is 0.0755. The number of rotatable bonds is 5. The molecule has 0 amide bonds. The van der Waals surface area contributed by atoms with Gasteiger partial charge in [0.25, 0.3) is 0 Å². The molecule has 0 aliphatic heterocycles. The Bertz CT molecular complexity index is 313. The standard InChI is InChI=1S/C13H22N2S/c1-10(2)11-6-13(7-11,9-14)15-8-12-4-3-5-16-12/h3-5,10-11,15H,6-9,14H2,1-2H3. The van der Waals surface area contributed by atoms with Gasteiger partial charge < -0.3 is 11.1 Å². The predicted molar refractivity (Wildman–Crippen MR) is 70.5 cm³/mol. The van der Waals surface area contributed by atoms with Gasteiger partial charge in [0.05, 0.1) is 0 Å². The lowest BCUT2D eigenvalue weighted by Crippen LogP contribution is -2.60. The fourth-order valence-corrected chi connectivity index (χ4v) is 3.13. The van der Waals surface area contributed by atoms with Crippen molar-refractivity contribution in [3.05, 3.63) is 22.4 Å². The first-order chi connectivity index (χ1) is 7.65. The van der Waals surface area contributed by atoms with Crippen LogP contribution in [0.1, 0.15) is 31.6 Å². The van der Waals surface area contributed by atoms with Crippen molar-refractivity contribution >= 4 is 11.3 Å². The average molecular weight is 238 g/mol. The number of thiophene rings is 1. The maximum Gasteiger partial charge on any atom is 0.0312 e. The molecule has 3 N–H and O–H groups in total. The molecule has 1 saturated carbocycles. The third-order valence-corrected chi connectivity index (χ3v) is 4.73. The van der Waals surface area contributed by atoms with E-state index in [0.717, 1.165) is 24.9 Å². The predicted octanol–water partition coefficient (Wildman–Crippen LogP) is 2.60. The van der Waals surface area contributed by atoms with E-state index >= 15 is 0 Å². The van der Waals surface area contributed by atoms with Crippen molar-refractivity contribution in [2.24, 2.45) is 17.6 Å². The summed E-state index contributed by atoms with van der Waals surface area (Å²) in [5, 5.41) is 5.78. The SMILES string of the molecule is CC(C)C1CC(CN)(NCc2cccs2)C1. The van der Waals surface area contributed by atoms with Crippen molar-refractivity contribution in [1.82, 2.24) is 5.32 Å². The molecule has 1 fully saturated rings. The highest BCUT2D eigenvalue weighted by atomic mass is 32.1. The van der Waals surface area contributed by atoms with E-state index in [9.17, 15) is 0 Å². The van der Waals surface area contributed by atoms with Gasteiger partial charge in [0, 0.05) is 23.5 Å². The van der Waals surface area contributed by atoms with Crippen LogP contribution in [-0.4, -0.2) is 12.1 Å². The highest BCUT2D eigenvalue weighted by Gasteiger charge is 2.43. The fraction of sp³-hybridized carbons (Fsp3) is 0.692. The average Bonchev–Trinajstić information content (AvgIpc) is 2.69. The molecule has 0 bridgehead atoms. The molecule has 1 aromatic heterocycles. The van der Waals surface area contributed by atoms with Crippen molar-refractivity contribution < 1.29 is 0 Å². The summed E-state index contributed by atoms with van der Waals surface area (Å²) in [6, 6.07) is 4.29. The summed E-state index contributed by atoms with van der Waals surface area (Å²) >= 11 is 1.81. The molecule has 90 valence electrons. The molecule has 1 aliphatic rings. The Labute approximate surface area is 102 Å². The van der Waals surface area contributed by atoms with E-state index < -0.39 is 0 Å². The van der Waals surface area contributed by atoms with Crippen molar-refractivity contribution in [3.63, 3.8) is 0 Å². The Morgan fingerprint density at radius 2 is 2.31 bits per heavy atom. The highest BCUT2D eigenvalue weighted by Crippen LogP contribution is 2.41. The molecule has 2 rings (SSSR count). The van der Waals surface area contributed by atoms with E-state index in [1.165, 1.54) is 17.7 Å². The zero-order chi connectivity index (χ0) is 11.6. The minimum atomic E-state index is 0.221. The number of hydrogen-bond donors (Lipinski definition) is 2. The summed E-state index contributed by atoms with van der Waals surface area (Å²) in [7, 11) is 0. The lowest BCUT2D eigenvalue weighted by Gasteiger charge is -2.49. The maximum atomic E-state index is 5.91. The van der Waals surface area contributed by atoms with Crippen LogP contribution in [0.15, 0.2) is 17.5 Å². The first-order valence-corrected chi connectivity index (χ1v) is 7.01. The fourth-order valence-electron chi connectivity index (χ4n) is 2.49. The van der Waals surface area contributed by atoms with E-state index in [4.69, 9.17) is 5.73 Å². The van der Waals surface area contributed by atoms with Crippen LogP contribution in [0.25, 0.3) is 0 Å². The largest absolute Gasteiger partial charge is 0.329 e. The van der Waals surface area contributed by atoms with Gasteiger partial charge in [-0.1, -0.05) is 19.9 Å². The number of hydrogen-bond acceptors (Lipinski definition) is 3. The van der Waals surface area contributed by atoms with Crippen LogP contribution < -0.4 is 11.1 Å². The monoisotopic (exact) mass is 238 g/mol. The molecule has 1 heterocycles. The molecule has 0 aromatic carbocycles. The van der Waals surface area contributed by atoms with E-state index in [2.05, 4.69) is 36.7 Å². The minimum Gasteiger partial charge on any atom is -0.329 e. The Kier molecular flexibility index (Phi) is 3.67. The van der Waals surface area contributed by atoms with Gasteiger partial charge >= 0.3 is 0 Å². The van der Waals surface area contributed by atoms with Gasteiger partial charge in [0.15, 0.2) is 0 Å². The Morgan fingerprint density at radius 3 is 2.81 bits per heavy atom. The molecule has 0 unspecified atom stereocenters. The molecular weight excluding hydrogens is 216 g/mol. The Morgan fingerprint density at radius 1 is 1.56 bits per heavy atom. The second-order valence-electron chi connectivity index (χ2n) is 5.33. The second-order valence-corrected chi connectivity index (χ2v) is 6.36. The van der Waals surface area contributed by atoms with Gasteiger partial charge in [0.2, 0.25) is 0 Å². The summed E-state index contributed by atoms with van der Waals surface area (Å²) in [5.74, 6) is 1.66. The lowest BCUT2D eigenvalue weighted by atomic mass is 9.64. The normalized spacial score (nSPS) is 29.4. The van der Waals surface area contributed by atoms with Crippen LogP contribution in [0.4, 0.5) is 0 Å². The quantitative estimate of drug-likeness (QED) is 0.827. The molecule has 0 radical (unpaired) electrons. The Hall–Kier alpha value is -0.380. The van der Waals surface area contributed by atoms with Gasteiger partial charge in [-0.25, -0.2) is 0 Å². The smallest absolute Gasteiger partial charge is 0.0312 e. The number of nitrogens with one attached hydrogen (secondary N) is 1. The van der Waals surface area contributed by atoms with Gasteiger partial charge in [-0.15, -0.1) is 11.3 Å². The molecule has 2 nitrogen and oxygen atoms in total. The number of nitrogens with two attached hydrogens (primary N) is 1. The molecule has 1 aromatic rings. The van der Waals surface area contributed by atoms with Crippen LogP contribution in [-0.2, 0) is 6.54 Å². The molecule has 0 spiro atoms. The van der Waals surface area contributed by atoms with Crippen LogP contribution >= 0.6 is 11.3 Å². The topological polar surface area (TPSA) is 38.0 Å². The van der Waals surface area contributed by atoms with Crippen molar-refractivity contribution in [2.45, 2.75) is 38.8 Å². The van der Waals surface area contributed by atoms with Crippen molar-refractivity contribution in [3.8, 4) is 0 Å². The summed E-state index contributed by atoms with van der Waals surface area (Å²) in [6.45, 7) is 6.36. The van der Waals surface area contributed by atoms with E-state index in [0.29, 0.717) is 0 Å². The third kappa shape index (κ3) is 2.47. The van der Waals surface area contributed by atoms with Gasteiger partial charge in [-0.2, -0.15) is 0 Å². The van der Waals surface area contributed by atoms with Crippen LogP contribution in [0.2, 0.25) is 0 Å².